The predicted molar refractivity (Wildman–Crippen MR) is 125 cm³/mol. The Hall–Kier alpha value is -2.89. The molecule has 0 saturated carbocycles. The molecule has 0 aliphatic carbocycles. The summed E-state index contributed by atoms with van der Waals surface area (Å²) in [6, 6.07) is 19.5. The van der Waals surface area contributed by atoms with Crippen LogP contribution in [-0.2, 0) is 4.74 Å². The Labute approximate surface area is 184 Å². The van der Waals surface area contributed by atoms with Crippen LogP contribution in [0.5, 0.6) is 0 Å². The molecule has 6 heteroatoms. The lowest BCUT2D eigenvalue weighted by Crippen LogP contribution is -2.23. The third-order valence-electron chi connectivity index (χ3n) is 4.51. The standard InChI is InChI=1S/C24H21ClN2O2S/c1-24(2,3)29-23(28)21-20(26)19-17(14-9-11-16(25)12-10-14)13-18(27-22(19)30-21)15-7-5-4-6-8-15/h4-13H,26H2,1-3H3. The van der Waals surface area contributed by atoms with Gasteiger partial charge in [0.2, 0.25) is 0 Å². The zero-order chi connectivity index (χ0) is 21.5. The zero-order valence-corrected chi connectivity index (χ0v) is 18.5. The van der Waals surface area contributed by atoms with Crippen LogP contribution in [0.15, 0.2) is 60.7 Å². The molecular formula is C24H21ClN2O2S. The van der Waals surface area contributed by atoms with Gasteiger partial charge in [0.15, 0.2) is 0 Å². The first kappa shape index (κ1) is 20.4. The topological polar surface area (TPSA) is 65.2 Å². The third-order valence-corrected chi connectivity index (χ3v) is 5.84. The number of nitrogens with two attached hydrogens (primary N) is 1. The SMILES string of the molecule is CC(C)(C)OC(=O)c1sc2nc(-c3ccccc3)cc(-c3ccc(Cl)cc3)c2c1N. The second kappa shape index (κ2) is 7.74. The number of benzene rings is 2. The van der Waals surface area contributed by atoms with Gasteiger partial charge in [-0.15, -0.1) is 11.3 Å². The monoisotopic (exact) mass is 436 g/mol. The van der Waals surface area contributed by atoms with Gasteiger partial charge in [-0.05, 0) is 50.1 Å². The number of thiophene rings is 1. The molecule has 2 aromatic carbocycles. The Bertz CT molecular complexity index is 1230. The minimum absolute atomic E-state index is 0.368. The van der Waals surface area contributed by atoms with E-state index in [1.807, 2.05) is 81.4 Å². The van der Waals surface area contributed by atoms with Crippen molar-refractivity contribution in [2.75, 3.05) is 5.73 Å². The van der Waals surface area contributed by atoms with Gasteiger partial charge < -0.3 is 10.5 Å². The van der Waals surface area contributed by atoms with Crippen molar-refractivity contribution in [2.24, 2.45) is 0 Å². The van der Waals surface area contributed by atoms with Gasteiger partial charge in [0.1, 0.15) is 15.3 Å². The van der Waals surface area contributed by atoms with E-state index in [9.17, 15) is 4.79 Å². The highest BCUT2D eigenvalue weighted by atomic mass is 35.5. The minimum atomic E-state index is -0.610. The number of anilines is 1. The highest BCUT2D eigenvalue weighted by Gasteiger charge is 2.25. The van der Waals surface area contributed by atoms with E-state index in [-0.39, 0.29) is 0 Å². The molecule has 4 rings (SSSR count). The highest BCUT2D eigenvalue weighted by Crippen LogP contribution is 2.42. The van der Waals surface area contributed by atoms with Gasteiger partial charge in [-0.25, -0.2) is 9.78 Å². The molecule has 0 bridgehead atoms. The number of ether oxygens (including phenoxy) is 1. The van der Waals surface area contributed by atoms with E-state index < -0.39 is 11.6 Å². The third kappa shape index (κ3) is 4.04. The molecule has 0 fully saturated rings. The maximum Gasteiger partial charge on any atom is 0.351 e. The summed E-state index contributed by atoms with van der Waals surface area (Å²) < 4.78 is 5.56. The number of esters is 1. The summed E-state index contributed by atoms with van der Waals surface area (Å²) in [7, 11) is 0. The second-order valence-electron chi connectivity index (χ2n) is 7.95. The maximum atomic E-state index is 12.8. The van der Waals surface area contributed by atoms with Crippen LogP contribution in [0.3, 0.4) is 0 Å². The van der Waals surface area contributed by atoms with Gasteiger partial charge in [-0.3, -0.25) is 0 Å². The van der Waals surface area contributed by atoms with Gasteiger partial charge in [-0.2, -0.15) is 0 Å². The molecule has 4 nitrogen and oxygen atoms in total. The summed E-state index contributed by atoms with van der Waals surface area (Å²) in [5.41, 5.74) is 9.89. The fourth-order valence-corrected chi connectivity index (χ4v) is 4.33. The van der Waals surface area contributed by atoms with Gasteiger partial charge >= 0.3 is 5.97 Å². The van der Waals surface area contributed by atoms with E-state index in [1.54, 1.807) is 0 Å². The van der Waals surface area contributed by atoms with Crippen LogP contribution in [-0.4, -0.2) is 16.6 Å². The summed E-state index contributed by atoms with van der Waals surface area (Å²) >= 11 is 7.34. The van der Waals surface area contributed by atoms with Crippen LogP contribution in [0.4, 0.5) is 5.69 Å². The maximum absolute atomic E-state index is 12.8. The normalized spacial score (nSPS) is 11.6. The molecular weight excluding hydrogens is 416 g/mol. The molecule has 0 unspecified atom stereocenters. The summed E-state index contributed by atoms with van der Waals surface area (Å²) in [5.74, 6) is -0.439. The van der Waals surface area contributed by atoms with E-state index in [1.165, 1.54) is 11.3 Å². The molecule has 30 heavy (non-hydrogen) atoms. The van der Waals surface area contributed by atoms with E-state index in [0.717, 1.165) is 27.8 Å². The molecule has 152 valence electrons. The zero-order valence-electron chi connectivity index (χ0n) is 16.9. The summed E-state index contributed by atoms with van der Waals surface area (Å²) in [6.07, 6.45) is 0. The lowest BCUT2D eigenvalue weighted by Gasteiger charge is -2.19. The first-order valence-corrected chi connectivity index (χ1v) is 10.7. The second-order valence-corrected chi connectivity index (χ2v) is 9.39. The quantitative estimate of drug-likeness (QED) is 0.358. The number of halogens is 1. The number of pyridine rings is 1. The number of aromatic nitrogens is 1. The first-order valence-electron chi connectivity index (χ1n) is 9.50. The number of rotatable bonds is 3. The molecule has 0 radical (unpaired) electrons. The van der Waals surface area contributed by atoms with Crippen molar-refractivity contribution in [1.82, 2.24) is 4.98 Å². The number of hydrogen-bond acceptors (Lipinski definition) is 5. The summed E-state index contributed by atoms with van der Waals surface area (Å²) in [4.78, 5) is 18.6. The van der Waals surface area contributed by atoms with Crippen molar-refractivity contribution in [3.05, 3.63) is 70.6 Å². The van der Waals surface area contributed by atoms with Gasteiger partial charge in [0.25, 0.3) is 0 Å². The average molecular weight is 437 g/mol. The molecule has 2 heterocycles. The first-order chi connectivity index (χ1) is 14.2. The van der Waals surface area contributed by atoms with Crippen LogP contribution in [0.2, 0.25) is 5.02 Å². The van der Waals surface area contributed by atoms with Gasteiger partial charge in [0, 0.05) is 16.0 Å². The Morgan fingerprint density at radius 3 is 2.33 bits per heavy atom. The molecule has 0 amide bonds. The summed E-state index contributed by atoms with van der Waals surface area (Å²) in [6.45, 7) is 5.50. The fraction of sp³-hybridized carbons (Fsp3) is 0.167. The fourth-order valence-electron chi connectivity index (χ4n) is 3.21. The molecule has 0 atom stereocenters. The lowest BCUT2D eigenvalue weighted by atomic mass is 9.99. The smallest absolute Gasteiger partial charge is 0.351 e. The van der Waals surface area contributed by atoms with Crippen LogP contribution in [0.1, 0.15) is 30.4 Å². The predicted octanol–water partition coefficient (Wildman–Crippen LogP) is 6.82. The molecule has 0 aliphatic rings. The van der Waals surface area contributed by atoms with E-state index in [4.69, 9.17) is 27.1 Å². The van der Waals surface area contributed by atoms with Crippen LogP contribution >= 0.6 is 22.9 Å². The molecule has 2 aromatic heterocycles. The van der Waals surface area contributed by atoms with Crippen molar-refractivity contribution in [3.63, 3.8) is 0 Å². The Morgan fingerprint density at radius 1 is 1.03 bits per heavy atom. The number of nitrogen functional groups attached to an aromatic ring is 1. The minimum Gasteiger partial charge on any atom is -0.456 e. The molecule has 0 aliphatic heterocycles. The Balaban J connectivity index is 1.96. The van der Waals surface area contributed by atoms with Gasteiger partial charge in [0.05, 0.1) is 11.4 Å². The van der Waals surface area contributed by atoms with E-state index in [0.29, 0.717) is 20.4 Å². The largest absolute Gasteiger partial charge is 0.456 e. The summed E-state index contributed by atoms with van der Waals surface area (Å²) in [5, 5.41) is 1.41. The van der Waals surface area contributed by atoms with Crippen molar-refractivity contribution in [2.45, 2.75) is 26.4 Å². The number of fused-ring (bicyclic) bond motifs is 1. The molecule has 2 N–H and O–H groups in total. The number of carbonyl (C=O) groups excluding carboxylic acids is 1. The Morgan fingerprint density at radius 2 is 1.70 bits per heavy atom. The number of carbonyl (C=O) groups is 1. The van der Waals surface area contributed by atoms with Crippen molar-refractivity contribution < 1.29 is 9.53 Å². The van der Waals surface area contributed by atoms with Crippen LogP contribution in [0.25, 0.3) is 32.6 Å². The average Bonchev–Trinajstić information content (AvgIpc) is 3.04. The molecule has 4 aromatic rings. The molecule has 0 saturated heterocycles. The number of hydrogen-bond donors (Lipinski definition) is 1. The van der Waals surface area contributed by atoms with Crippen molar-refractivity contribution in [3.8, 4) is 22.4 Å². The van der Waals surface area contributed by atoms with Crippen molar-refractivity contribution >= 4 is 44.8 Å². The van der Waals surface area contributed by atoms with Crippen molar-refractivity contribution in [1.29, 1.82) is 0 Å². The van der Waals surface area contributed by atoms with E-state index >= 15 is 0 Å². The highest BCUT2D eigenvalue weighted by molar-refractivity contribution is 7.21. The van der Waals surface area contributed by atoms with Gasteiger partial charge in [-0.1, -0.05) is 54.1 Å². The lowest BCUT2D eigenvalue weighted by molar-refractivity contribution is 0.00764. The molecule has 0 spiro atoms. The Kier molecular flexibility index (Phi) is 5.26. The van der Waals surface area contributed by atoms with E-state index in [2.05, 4.69) is 0 Å². The number of nitrogens with zero attached hydrogens (tertiary/aromatic N) is 1. The van der Waals surface area contributed by atoms with Crippen LogP contribution < -0.4 is 5.73 Å². The van der Waals surface area contributed by atoms with Crippen LogP contribution in [0, 0.1) is 0 Å².